The number of hydrogen-bond acceptors (Lipinski definition) is 5. The lowest BCUT2D eigenvalue weighted by atomic mass is 10.1. The number of hydrogen-bond donors (Lipinski definition) is 1. The molecule has 0 atom stereocenters. The van der Waals surface area contributed by atoms with Gasteiger partial charge in [0.15, 0.2) is 0 Å². The number of rotatable bonds is 10. The summed E-state index contributed by atoms with van der Waals surface area (Å²) in [7, 11) is -3.48. The van der Waals surface area contributed by atoms with Gasteiger partial charge in [0.1, 0.15) is 12.4 Å². The van der Waals surface area contributed by atoms with Crippen LogP contribution >= 0.6 is 0 Å². The summed E-state index contributed by atoms with van der Waals surface area (Å²) in [6.07, 6.45) is 2.73. The van der Waals surface area contributed by atoms with Crippen molar-refractivity contribution < 1.29 is 17.9 Å². The van der Waals surface area contributed by atoms with Crippen LogP contribution in [-0.2, 0) is 23.2 Å². The standard InChI is InChI=1S/C33H29N3O4S/c1-41(38,39)36(31-9-3-2-4-10-31)23-26-11-17-29(18-12-26)33(37)35-34-22-25-14-19-32(20-15-25)40-24-27-13-16-28-7-5-6-8-30(28)21-27/h2-22H,23-24H2,1H3,(H,35,37)/b34-22-. The first-order chi connectivity index (χ1) is 19.8. The molecule has 0 radical (unpaired) electrons. The normalized spacial score (nSPS) is 11.4. The Kier molecular flexibility index (Phi) is 8.41. The number of carbonyl (C=O) groups excluding carboxylic acids is 1. The Balaban J connectivity index is 1.13. The molecular formula is C33H29N3O4S. The fourth-order valence-electron chi connectivity index (χ4n) is 4.30. The molecular weight excluding hydrogens is 534 g/mol. The van der Waals surface area contributed by atoms with Gasteiger partial charge >= 0.3 is 0 Å². The molecule has 0 aliphatic heterocycles. The summed E-state index contributed by atoms with van der Waals surface area (Å²) in [5, 5.41) is 6.44. The summed E-state index contributed by atoms with van der Waals surface area (Å²) >= 11 is 0. The molecule has 0 bridgehead atoms. The highest BCUT2D eigenvalue weighted by atomic mass is 32.2. The smallest absolute Gasteiger partial charge is 0.271 e. The summed E-state index contributed by atoms with van der Waals surface area (Å²) in [4.78, 5) is 12.6. The molecule has 5 aromatic rings. The molecule has 5 aromatic carbocycles. The lowest BCUT2D eigenvalue weighted by Gasteiger charge is -2.22. The average Bonchev–Trinajstić information content (AvgIpc) is 2.99. The van der Waals surface area contributed by atoms with Crippen molar-refractivity contribution in [3.05, 3.63) is 144 Å². The summed E-state index contributed by atoms with van der Waals surface area (Å²) in [5.74, 6) is 0.368. The lowest BCUT2D eigenvalue weighted by Crippen LogP contribution is -2.29. The van der Waals surface area contributed by atoms with Gasteiger partial charge in [0, 0.05) is 5.56 Å². The quantitative estimate of drug-likeness (QED) is 0.163. The molecule has 0 aromatic heterocycles. The van der Waals surface area contributed by atoms with Crippen LogP contribution in [0.3, 0.4) is 0 Å². The second-order valence-electron chi connectivity index (χ2n) is 9.54. The summed E-state index contributed by atoms with van der Waals surface area (Å²) in [6, 6.07) is 37.6. The van der Waals surface area contributed by atoms with E-state index < -0.39 is 10.0 Å². The van der Waals surface area contributed by atoms with Crippen molar-refractivity contribution in [1.29, 1.82) is 0 Å². The van der Waals surface area contributed by atoms with E-state index in [4.69, 9.17) is 4.74 Å². The van der Waals surface area contributed by atoms with Gasteiger partial charge < -0.3 is 4.74 Å². The highest BCUT2D eigenvalue weighted by Crippen LogP contribution is 2.21. The molecule has 0 aliphatic rings. The molecule has 206 valence electrons. The number of benzene rings is 5. The van der Waals surface area contributed by atoms with E-state index in [0.717, 1.165) is 22.4 Å². The number of nitrogens with one attached hydrogen (secondary N) is 1. The third-order valence-electron chi connectivity index (χ3n) is 6.47. The summed E-state index contributed by atoms with van der Waals surface area (Å²) in [6.45, 7) is 0.622. The van der Waals surface area contributed by atoms with Crippen LogP contribution in [0.25, 0.3) is 10.8 Å². The van der Waals surface area contributed by atoms with Crippen molar-refractivity contribution >= 4 is 38.6 Å². The summed E-state index contributed by atoms with van der Waals surface area (Å²) in [5.41, 5.74) is 6.17. The maximum Gasteiger partial charge on any atom is 0.271 e. The van der Waals surface area contributed by atoms with Crippen molar-refractivity contribution in [2.75, 3.05) is 10.6 Å². The monoisotopic (exact) mass is 563 g/mol. The van der Waals surface area contributed by atoms with Crippen molar-refractivity contribution in [3.63, 3.8) is 0 Å². The molecule has 0 spiro atoms. The Morgan fingerprint density at radius 1 is 0.805 bits per heavy atom. The van der Waals surface area contributed by atoms with Gasteiger partial charge in [-0.3, -0.25) is 9.10 Å². The fourth-order valence-corrected chi connectivity index (χ4v) is 5.19. The van der Waals surface area contributed by atoms with Crippen molar-refractivity contribution in [1.82, 2.24) is 5.43 Å². The zero-order valence-corrected chi connectivity index (χ0v) is 23.3. The van der Waals surface area contributed by atoms with E-state index in [-0.39, 0.29) is 12.5 Å². The molecule has 1 N–H and O–H groups in total. The number of sulfonamides is 1. The number of ether oxygens (including phenoxy) is 1. The van der Waals surface area contributed by atoms with Gasteiger partial charge in [-0.15, -0.1) is 0 Å². The van der Waals surface area contributed by atoms with Crippen LogP contribution in [0.2, 0.25) is 0 Å². The largest absolute Gasteiger partial charge is 0.489 e. The Labute approximate surface area is 239 Å². The third-order valence-corrected chi connectivity index (χ3v) is 7.61. The van der Waals surface area contributed by atoms with Gasteiger partial charge in [0.2, 0.25) is 10.0 Å². The number of anilines is 1. The van der Waals surface area contributed by atoms with Crippen LogP contribution in [0.1, 0.15) is 27.0 Å². The van der Waals surface area contributed by atoms with E-state index in [1.807, 2.05) is 42.5 Å². The van der Waals surface area contributed by atoms with Crippen molar-refractivity contribution in [2.45, 2.75) is 13.2 Å². The number of para-hydroxylation sites is 1. The predicted octanol–water partition coefficient (Wildman–Crippen LogP) is 6.15. The van der Waals surface area contributed by atoms with Gasteiger partial charge in [0.25, 0.3) is 5.91 Å². The van der Waals surface area contributed by atoms with Crippen LogP contribution in [0, 0.1) is 0 Å². The molecule has 7 nitrogen and oxygen atoms in total. The van der Waals surface area contributed by atoms with Gasteiger partial charge in [-0.25, -0.2) is 13.8 Å². The molecule has 41 heavy (non-hydrogen) atoms. The second-order valence-corrected chi connectivity index (χ2v) is 11.4. The van der Waals surface area contributed by atoms with Gasteiger partial charge in [-0.2, -0.15) is 5.10 Å². The van der Waals surface area contributed by atoms with E-state index in [2.05, 4.69) is 40.9 Å². The topological polar surface area (TPSA) is 88.1 Å². The van der Waals surface area contributed by atoms with Crippen LogP contribution in [0.4, 0.5) is 5.69 Å². The minimum atomic E-state index is -3.48. The highest BCUT2D eigenvalue weighted by Gasteiger charge is 2.17. The third kappa shape index (κ3) is 7.38. The van der Waals surface area contributed by atoms with Gasteiger partial charge in [0.05, 0.1) is 24.7 Å². The van der Waals surface area contributed by atoms with Crippen molar-refractivity contribution in [2.24, 2.45) is 5.10 Å². The number of amides is 1. The number of fused-ring (bicyclic) bond motifs is 1. The van der Waals surface area contributed by atoms with E-state index in [1.54, 1.807) is 54.7 Å². The maximum absolute atomic E-state index is 12.6. The first-order valence-corrected chi connectivity index (χ1v) is 14.9. The Hall–Kier alpha value is -4.95. The molecule has 0 aliphatic carbocycles. The van der Waals surface area contributed by atoms with Gasteiger partial charge in [-0.05, 0) is 82.1 Å². The minimum absolute atomic E-state index is 0.158. The fraction of sp³-hybridized carbons (Fsp3) is 0.0909. The van der Waals surface area contributed by atoms with E-state index >= 15 is 0 Å². The average molecular weight is 564 g/mol. The number of hydrazone groups is 1. The van der Waals surface area contributed by atoms with E-state index in [9.17, 15) is 13.2 Å². The lowest BCUT2D eigenvalue weighted by molar-refractivity contribution is 0.0955. The molecule has 0 unspecified atom stereocenters. The van der Waals surface area contributed by atoms with Crippen LogP contribution in [-0.4, -0.2) is 26.8 Å². The predicted molar refractivity (Wildman–Crippen MR) is 164 cm³/mol. The SMILES string of the molecule is CS(=O)(=O)N(Cc1ccc(C(=O)N/N=C\c2ccc(OCc3ccc4ccccc4c3)cc2)cc1)c1ccccc1. The Bertz CT molecular complexity index is 1770. The minimum Gasteiger partial charge on any atom is -0.489 e. The number of carbonyl (C=O) groups is 1. The Morgan fingerprint density at radius 2 is 1.46 bits per heavy atom. The van der Waals surface area contributed by atoms with Crippen molar-refractivity contribution in [3.8, 4) is 5.75 Å². The molecule has 0 saturated carbocycles. The zero-order chi connectivity index (χ0) is 28.7. The van der Waals surface area contributed by atoms with Crippen LogP contribution < -0.4 is 14.5 Å². The molecule has 0 heterocycles. The second kappa shape index (κ2) is 12.5. The molecule has 0 saturated heterocycles. The van der Waals surface area contributed by atoms with Crippen LogP contribution in [0.5, 0.6) is 5.75 Å². The molecule has 5 rings (SSSR count). The van der Waals surface area contributed by atoms with E-state index in [0.29, 0.717) is 17.9 Å². The maximum atomic E-state index is 12.6. The number of nitrogens with zero attached hydrogens (tertiary/aromatic N) is 2. The summed E-state index contributed by atoms with van der Waals surface area (Å²) < 4.78 is 31.9. The zero-order valence-electron chi connectivity index (χ0n) is 22.5. The first kappa shape index (κ1) is 27.6. The molecule has 0 fully saturated rings. The highest BCUT2D eigenvalue weighted by molar-refractivity contribution is 7.92. The van der Waals surface area contributed by atoms with Crippen LogP contribution in [0.15, 0.2) is 126 Å². The van der Waals surface area contributed by atoms with E-state index in [1.165, 1.54) is 21.3 Å². The van der Waals surface area contributed by atoms with Gasteiger partial charge in [-0.1, -0.05) is 66.7 Å². The first-order valence-electron chi connectivity index (χ1n) is 13.0. The Morgan fingerprint density at radius 3 is 2.17 bits per heavy atom. The molecule has 8 heteroatoms. The molecule has 1 amide bonds.